The lowest BCUT2D eigenvalue weighted by molar-refractivity contribution is -0.117. The quantitative estimate of drug-likeness (QED) is 0.445. The zero-order chi connectivity index (χ0) is 23.7. The lowest BCUT2D eigenvalue weighted by Crippen LogP contribution is -2.24. The first-order chi connectivity index (χ1) is 16.5. The van der Waals surface area contributed by atoms with E-state index in [4.69, 9.17) is 0 Å². The number of aryl methyl sites for hydroxylation is 2. The topological polar surface area (TPSA) is 84.3 Å². The van der Waals surface area contributed by atoms with Crippen molar-refractivity contribution in [1.82, 2.24) is 9.55 Å². The van der Waals surface area contributed by atoms with E-state index in [0.717, 1.165) is 35.3 Å². The van der Waals surface area contributed by atoms with Crippen molar-refractivity contribution in [1.29, 1.82) is 0 Å². The monoisotopic (exact) mass is 472 g/mol. The first-order valence-electron chi connectivity index (χ1n) is 11.2. The Labute approximate surface area is 200 Å². The number of benzene rings is 2. The van der Waals surface area contributed by atoms with Crippen LogP contribution in [0.3, 0.4) is 0 Å². The molecule has 34 heavy (non-hydrogen) atoms. The molecule has 1 saturated heterocycles. The molecular formula is C26H24N4O3S. The molecule has 172 valence electrons. The summed E-state index contributed by atoms with van der Waals surface area (Å²) in [5.74, 6) is -0.0648. The molecule has 0 spiro atoms. The summed E-state index contributed by atoms with van der Waals surface area (Å²) in [5, 5.41) is 5.40. The molecule has 1 N–H and O–H groups in total. The van der Waals surface area contributed by atoms with Crippen molar-refractivity contribution in [3.63, 3.8) is 0 Å². The summed E-state index contributed by atoms with van der Waals surface area (Å²) in [6.07, 6.45) is 3.10. The predicted molar refractivity (Wildman–Crippen MR) is 135 cm³/mol. The minimum Gasteiger partial charge on any atom is -0.326 e. The predicted octanol–water partition coefficient (Wildman–Crippen LogP) is 4.59. The van der Waals surface area contributed by atoms with Gasteiger partial charge in [-0.05, 0) is 43.2 Å². The summed E-state index contributed by atoms with van der Waals surface area (Å²) in [6, 6.07) is 15.3. The second-order valence-corrected chi connectivity index (χ2v) is 9.29. The number of hydrogen-bond donors (Lipinski definition) is 1. The third-order valence-corrected chi connectivity index (χ3v) is 6.93. The van der Waals surface area contributed by atoms with Crippen LogP contribution in [0.1, 0.15) is 24.8 Å². The van der Waals surface area contributed by atoms with Gasteiger partial charge in [-0.3, -0.25) is 19.0 Å². The normalized spacial score (nSPS) is 13.6. The molecule has 4 aromatic rings. The smallest absolute Gasteiger partial charge is 0.262 e. The van der Waals surface area contributed by atoms with Gasteiger partial charge < -0.3 is 10.2 Å². The van der Waals surface area contributed by atoms with Crippen LogP contribution in [0.4, 0.5) is 11.4 Å². The van der Waals surface area contributed by atoms with E-state index in [1.165, 1.54) is 22.2 Å². The Morgan fingerprint density at radius 3 is 2.56 bits per heavy atom. The molecule has 0 unspecified atom stereocenters. The molecule has 0 atom stereocenters. The van der Waals surface area contributed by atoms with Crippen molar-refractivity contribution in [2.45, 2.75) is 32.7 Å². The molecule has 1 aliphatic heterocycles. The summed E-state index contributed by atoms with van der Waals surface area (Å²) in [4.78, 5) is 44.5. The number of nitrogens with zero attached hydrogens (tertiary/aromatic N) is 3. The van der Waals surface area contributed by atoms with Crippen molar-refractivity contribution >= 4 is 44.7 Å². The number of carbonyl (C=O) groups excluding carboxylic acids is 2. The number of rotatable bonds is 6. The number of amides is 2. The van der Waals surface area contributed by atoms with E-state index in [2.05, 4.69) is 10.3 Å². The molecule has 3 heterocycles. The van der Waals surface area contributed by atoms with E-state index in [-0.39, 0.29) is 30.3 Å². The second-order valence-electron chi connectivity index (χ2n) is 8.43. The van der Waals surface area contributed by atoms with Gasteiger partial charge in [-0.2, -0.15) is 0 Å². The maximum absolute atomic E-state index is 13.2. The highest BCUT2D eigenvalue weighted by molar-refractivity contribution is 7.17. The lowest BCUT2D eigenvalue weighted by atomic mass is 10.1. The molecule has 2 aromatic carbocycles. The maximum Gasteiger partial charge on any atom is 0.262 e. The largest absolute Gasteiger partial charge is 0.326 e. The Kier molecular flexibility index (Phi) is 5.98. The molecule has 1 aliphatic rings. The maximum atomic E-state index is 13.2. The van der Waals surface area contributed by atoms with Crippen molar-refractivity contribution in [3.05, 3.63) is 76.2 Å². The summed E-state index contributed by atoms with van der Waals surface area (Å²) in [7, 11) is 0. The molecule has 2 aromatic heterocycles. The van der Waals surface area contributed by atoms with Crippen LogP contribution in [-0.4, -0.2) is 27.9 Å². The number of carbonyl (C=O) groups is 2. The lowest BCUT2D eigenvalue weighted by Gasteiger charge is -2.16. The first-order valence-corrected chi connectivity index (χ1v) is 12.1. The van der Waals surface area contributed by atoms with E-state index in [0.29, 0.717) is 22.3 Å². The molecule has 0 aliphatic carbocycles. The van der Waals surface area contributed by atoms with Crippen LogP contribution in [0.2, 0.25) is 0 Å². The van der Waals surface area contributed by atoms with Gasteiger partial charge in [0.1, 0.15) is 4.83 Å². The zero-order valence-electron chi connectivity index (χ0n) is 18.8. The molecular weight excluding hydrogens is 448 g/mol. The molecule has 0 saturated carbocycles. The number of hydrogen-bond acceptors (Lipinski definition) is 5. The number of aromatic nitrogens is 2. The Bertz CT molecular complexity index is 1420. The van der Waals surface area contributed by atoms with Gasteiger partial charge in [0.25, 0.3) is 5.56 Å². The van der Waals surface area contributed by atoms with Crippen molar-refractivity contribution < 1.29 is 9.59 Å². The zero-order valence-corrected chi connectivity index (χ0v) is 19.6. The van der Waals surface area contributed by atoms with Gasteiger partial charge in [0.05, 0.1) is 11.7 Å². The van der Waals surface area contributed by atoms with Crippen LogP contribution in [0.5, 0.6) is 0 Å². The van der Waals surface area contributed by atoms with Gasteiger partial charge in [-0.25, -0.2) is 4.98 Å². The van der Waals surface area contributed by atoms with Gasteiger partial charge in [-0.1, -0.05) is 29.8 Å². The van der Waals surface area contributed by atoms with Crippen LogP contribution in [0.15, 0.2) is 65.0 Å². The van der Waals surface area contributed by atoms with Crippen molar-refractivity contribution in [2.75, 3.05) is 16.8 Å². The molecule has 1 fully saturated rings. The Morgan fingerprint density at radius 2 is 1.85 bits per heavy atom. The summed E-state index contributed by atoms with van der Waals surface area (Å²) < 4.78 is 1.49. The van der Waals surface area contributed by atoms with Gasteiger partial charge >= 0.3 is 0 Å². The van der Waals surface area contributed by atoms with Crippen LogP contribution in [0.25, 0.3) is 21.3 Å². The molecule has 8 heteroatoms. The minimum atomic E-state index is -0.193. The summed E-state index contributed by atoms with van der Waals surface area (Å²) in [5.41, 5.74) is 4.35. The fourth-order valence-electron chi connectivity index (χ4n) is 4.16. The molecule has 0 radical (unpaired) electrons. The van der Waals surface area contributed by atoms with Crippen LogP contribution in [0, 0.1) is 6.92 Å². The molecule has 2 amide bonds. The van der Waals surface area contributed by atoms with E-state index in [1.54, 1.807) is 17.0 Å². The number of thiophene rings is 1. The van der Waals surface area contributed by atoms with Crippen LogP contribution >= 0.6 is 11.3 Å². The van der Waals surface area contributed by atoms with Crippen LogP contribution in [-0.2, 0) is 16.1 Å². The highest BCUT2D eigenvalue weighted by Crippen LogP contribution is 2.30. The van der Waals surface area contributed by atoms with Gasteiger partial charge in [0.15, 0.2) is 0 Å². The molecule has 7 nitrogen and oxygen atoms in total. The summed E-state index contributed by atoms with van der Waals surface area (Å²) in [6.45, 7) is 2.99. The highest BCUT2D eigenvalue weighted by Gasteiger charge is 2.21. The molecule has 0 bridgehead atoms. The highest BCUT2D eigenvalue weighted by atomic mass is 32.1. The second kappa shape index (κ2) is 9.23. The van der Waals surface area contributed by atoms with E-state index in [1.807, 2.05) is 48.7 Å². The average molecular weight is 473 g/mol. The third-order valence-electron chi connectivity index (χ3n) is 6.04. The average Bonchev–Trinajstić information content (AvgIpc) is 3.46. The van der Waals surface area contributed by atoms with E-state index < -0.39 is 0 Å². The van der Waals surface area contributed by atoms with Gasteiger partial charge in [-0.15, -0.1) is 11.3 Å². The summed E-state index contributed by atoms with van der Waals surface area (Å²) >= 11 is 1.44. The van der Waals surface area contributed by atoms with Gasteiger partial charge in [0.2, 0.25) is 11.8 Å². The SMILES string of the molecule is Cc1ccc(-c2csc3ncn(CCC(=O)Nc4ccc(N5CCCC5=O)cc4)c(=O)c23)cc1. The van der Waals surface area contributed by atoms with Crippen molar-refractivity contribution in [3.8, 4) is 11.1 Å². The van der Waals surface area contributed by atoms with E-state index in [9.17, 15) is 14.4 Å². The minimum absolute atomic E-state index is 0.129. The Morgan fingerprint density at radius 1 is 1.09 bits per heavy atom. The third kappa shape index (κ3) is 4.36. The number of nitrogens with one attached hydrogen (secondary N) is 1. The molecule has 5 rings (SSSR count). The van der Waals surface area contributed by atoms with Crippen LogP contribution < -0.4 is 15.8 Å². The van der Waals surface area contributed by atoms with Gasteiger partial charge in [0, 0.05) is 48.2 Å². The fourth-order valence-corrected chi connectivity index (χ4v) is 5.07. The fraction of sp³-hybridized carbons (Fsp3) is 0.231. The first kappa shape index (κ1) is 22.0. The standard InChI is InChI=1S/C26H24N4O3S/c1-17-4-6-18(7-5-17)21-15-34-25-24(21)26(33)29(16-27-25)14-12-22(31)28-19-8-10-20(11-9-19)30-13-2-3-23(30)32/h4-11,15-16H,2-3,12-14H2,1H3,(H,28,31). The Balaban J connectivity index is 1.27. The number of anilines is 2. The van der Waals surface area contributed by atoms with Crippen molar-refractivity contribution in [2.24, 2.45) is 0 Å². The van der Waals surface area contributed by atoms with E-state index >= 15 is 0 Å². The number of fused-ring (bicyclic) bond motifs is 1. The Hall–Kier alpha value is -3.78.